The highest BCUT2D eigenvalue weighted by Crippen LogP contribution is 2.10. The molecule has 0 aliphatic heterocycles. The van der Waals surface area contributed by atoms with Crippen LogP contribution in [0.1, 0.15) is 48.3 Å². The van der Waals surface area contributed by atoms with Crippen LogP contribution < -0.4 is 5.32 Å². The highest BCUT2D eigenvalue weighted by Gasteiger charge is 2.18. The van der Waals surface area contributed by atoms with Gasteiger partial charge in [0.25, 0.3) is 5.91 Å². The van der Waals surface area contributed by atoms with Crippen LogP contribution in [-0.4, -0.2) is 23.0 Å². The van der Waals surface area contributed by atoms with Gasteiger partial charge in [-0.2, -0.15) is 0 Å². The van der Waals surface area contributed by atoms with Gasteiger partial charge in [-0.1, -0.05) is 20.3 Å². The van der Waals surface area contributed by atoms with E-state index < -0.39 is 5.97 Å². The molecule has 2 atom stereocenters. The summed E-state index contributed by atoms with van der Waals surface area (Å²) in [5.41, 5.74) is 0. The number of carbonyl (C=O) groups excluding carboxylic acids is 1. The van der Waals surface area contributed by atoms with Gasteiger partial charge in [-0.3, -0.25) is 4.79 Å². The number of carbonyl (C=O) groups is 2. The molecule has 0 saturated carbocycles. The number of hydrogen-bond donors (Lipinski definition) is 2. The van der Waals surface area contributed by atoms with Gasteiger partial charge in [0.1, 0.15) is 0 Å². The van der Waals surface area contributed by atoms with Gasteiger partial charge >= 0.3 is 5.97 Å². The van der Waals surface area contributed by atoms with Crippen molar-refractivity contribution in [2.75, 3.05) is 0 Å². The molecule has 5 heteroatoms. The molecule has 2 N–H and O–H groups in total. The zero-order chi connectivity index (χ0) is 13.0. The van der Waals surface area contributed by atoms with E-state index in [-0.39, 0.29) is 23.5 Å². The number of amides is 1. The third-order valence-electron chi connectivity index (χ3n) is 2.90. The van der Waals surface area contributed by atoms with Gasteiger partial charge in [0.2, 0.25) is 5.76 Å². The van der Waals surface area contributed by atoms with E-state index in [9.17, 15) is 9.59 Å². The van der Waals surface area contributed by atoms with Crippen molar-refractivity contribution in [3.05, 3.63) is 23.7 Å². The van der Waals surface area contributed by atoms with Crippen LogP contribution >= 0.6 is 0 Å². The molecule has 0 spiro atoms. The molecule has 0 aromatic carbocycles. The molecule has 1 aromatic rings. The number of hydrogen-bond acceptors (Lipinski definition) is 3. The number of aromatic carboxylic acids is 1. The Morgan fingerprint density at radius 3 is 2.41 bits per heavy atom. The van der Waals surface area contributed by atoms with E-state index >= 15 is 0 Å². The summed E-state index contributed by atoms with van der Waals surface area (Å²) >= 11 is 0. The fourth-order valence-corrected chi connectivity index (χ4v) is 1.35. The van der Waals surface area contributed by atoms with Crippen molar-refractivity contribution in [2.24, 2.45) is 5.92 Å². The van der Waals surface area contributed by atoms with Gasteiger partial charge in [0.05, 0.1) is 0 Å². The van der Waals surface area contributed by atoms with Crippen molar-refractivity contribution >= 4 is 11.9 Å². The minimum Gasteiger partial charge on any atom is -0.475 e. The summed E-state index contributed by atoms with van der Waals surface area (Å²) < 4.78 is 4.91. The highest BCUT2D eigenvalue weighted by atomic mass is 16.4. The smallest absolute Gasteiger partial charge is 0.371 e. The predicted octanol–water partition coefficient (Wildman–Crippen LogP) is 2.14. The van der Waals surface area contributed by atoms with Gasteiger partial charge in [0, 0.05) is 6.04 Å². The van der Waals surface area contributed by atoms with Gasteiger partial charge in [-0.25, -0.2) is 4.79 Å². The molecule has 1 aromatic heterocycles. The van der Waals surface area contributed by atoms with E-state index in [4.69, 9.17) is 9.52 Å². The van der Waals surface area contributed by atoms with Crippen LogP contribution in [0.5, 0.6) is 0 Å². The van der Waals surface area contributed by atoms with Crippen molar-refractivity contribution in [3.8, 4) is 0 Å². The molecule has 0 saturated heterocycles. The number of carboxylic acid groups (broad SMARTS) is 1. The van der Waals surface area contributed by atoms with Crippen LogP contribution in [0.3, 0.4) is 0 Å². The highest BCUT2D eigenvalue weighted by molar-refractivity contribution is 5.93. The Kier molecular flexibility index (Phi) is 4.31. The van der Waals surface area contributed by atoms with Crippen LogP contribution in [0.25, 0.3) is 0 Å². The second kappa shape index (κ2) is 5.52. The molecule has 1 amide bonds. The first-order valence-corrected chi connectivity index (χ1v) is 5.59. The average Bonchev–Trinajstić information content (AvgIpc) is 2.77. The number of carboxylic acids is 1. The standard InChI is InChI=1S/C12H17NO4/c1-4-7(2)8(3)13-11(14)9-5-6-10(17-9)12(15)16/h5-8H,4H2,1-3H3,(H,13,14)(H,15,16)/t7-,8+/m0/s1. The molecular weight excluding hydrogens is 222 g/mol. The van der Waals surface area contributed by atoms with Gasteiger partial charge < -0.3 is 14.8 Å². The minimum absolute atomic E-state index is 0.0193. The SMILES string of the molecule is CC[C@H](C)[C@@H](C)NC(=O)c1ccc(C(=O)O)o1. The van der Waals surface area contributed by atoms with Gasteiger partial charge in [0.15, 0.2) is 5.76 Å². The Morgan fingerprint density at radius 2 is 1.94 bits per heavy atom. The summed E-state index contributed by atoms with van der Waals surface area (Å²) in [4.78, 5) is 22.3. The molecule has 0 fully saturated rings. The number of rotatable bonds is 5. The first-order chi connectivity index (χ1) is 7.95. The summed E-state index contributed by atoms with van der Waals surface area (Å²) in [6, 6.07) is 2.65. The van der Waals surface area contributed by atoms with Gasteiger partial charge in [-0.15, -0.1) is 0 Å². The fourth-order valence-electron chi connectivity index (χ4n) is 1.35. The largest absolute Gasteiger partial charge is 0.475 e. The fraction of sp³-hybridized carbons (Fsp3) is 0.500. The second-order valence-electron chi connectivity index (χ2n) is 4.12. The lowest BCUT2D eigenvalue weighted by Gasteiger charge is -2.18. The lowest BCUT2D eigenvalue weighted by Crippen LogP contribution is -2.36. The Bertz CT molecular complexity index is 410. The molecule has 0 aliphatic rings. The van der Waals surface area contributed by atoms with E-state index in [0.717, 1.165) is 6.42 Å². The van der Waals surface area contributed by atoms with E-state index in [1.165, 1.54) is 12.1 Å². The lowest BCUT2D eigenvalue weighted by atomic mass is 10.0. The van der Waals surface area contributed by atoms with Crippen LogP contribution in [0, 0.1) is 5.92 Å². The maximum Gasteiger partial charge on any atom is 0.371 e. The minimum atomic E-state index is -1.18. The van der Waals surface area contributed by atoms with Crippen molar-refractivity contribution in [2.45, 2.75) is 33.2 Å². The first kappa shape index (κ1) is 13.3. The topological polar surface area (TPSA) is 79.5 Å². The van der Waals surface area contributed by atoms with Crippen molar-refractivity contribution < 1.29 is 19.1 Å². The maximum atomic E-state index is 11.7. The normalized spacial score (nSPS) is 14.1. The summed E-state index contributed by atoms with van der Waals surface area (Å²) in [6.45, 7) is 5.99. The van der Waals surface area contributed by atoms with Crippen LogP contribution in [0.2, 0.25) is 0 Å². The van der Waals surface area contributed by atoms with E-state index in [1.54, 1.807) is 0 Å². The second-order valence-corrected chi connectivity index (χ2v) is 4.12. The molecule has 5 nitrogen and oxygen atoms in total. The molecule has 0 aliphatic carbocycles. The molecule has 0 radical (unpaired) electrons. The molecule has 0 unspecified atom stereocenters. The molecular formula is C12H17NO4. The monoisotopic (exact) mass is 239 g/mol. The van der Waals surface area contributed by atoms with Crippen molar-refractivity contribution in [1.29, 1.82) is 0 Å². The van der Waals surface area contributed by atoms with E-state index in [1.807, 2.05) is 20.8 Å². The Morgan fingerprint density at radius 1 is 1.35 bits per heavy atom. The third-order valence-corrected chi connectivity index (χ3v) is 2.90. The Labute approximate surface area is 99.8 Å². The first-order valence-electron chi connectivity index (χ1n) is 5.59. The molecule has 1 heterocycles. The molecule has 0 bridgehead atoms. The van der Waals surface area contributed by atoms with Crippen molar-refractivity contribution in [1.82, 2.24) is 5.32 Å². The molecule has 17 heavy (non-hydrogen) atoms. The third kappa shape index (κ3) is 3.34. The zero-order valence-electron chi connectivity index (χ0n) is 10.2. The number of nitrogens with one attached hydrogen (secondary N) is 1. The number of furan rings is 1. The predicted molar refractivity (Wildman–Crippen MR) is 62.1 cm³/mol. The van der Waals surface area contributed by atoms with Crippen molar-refractivity contribution in [3.63, 3.8) is 0 Å². The lowest BCUT2D eigenvalue weighted by molar-refractivity contribution is 0.0659. The van der Waals surface area contributed by atoms with Crippen LogP contribution in [0.4, 0.5) is 0 Å². The maximum absolute atomic E-state index is 11.7. The quantitative estimate of drug-likeness (QED) is 0.825. The summed E-state index contributed by atoms with van der Waals surface area (Å²) in [6.07, 6.45) is 0.958. The van der Waals surface area contributed by atoms with Crippen LogP contribution in [0.15, 0.2) is 16.5 Å². The molecule has 1 rings (SSSR count). The Balaban J connectivity index is 2.66. The summed E-state index contributed by atoms with van der Waals surface area (Å²) in [7, 11) is 0. The van der Waals surface area contributed by atoms with Crippen LogP contribution in [-0.2, 0) is 0 Å². The molecule has 94 valence electrons. The van der Waals surface area contributed by atoms with E-state index in [0.29, 0.717) is 5.92 Å². The average molecular weight is 239 g/mol. The Hall–Kier alpha value is -1.78. The van der Waals surface area contributed by atoms with E-state index in [2.05, 4.69) is 5.32 Å². The summed E-state index contributed by atoms with van der Waals surface area (Å²) in [5.74, 6) is -1.42. The van der Waals surface area contributed by atoms with Gasteiger partial charge in [-0.05, 0) is 25.0 Å². The zero-order valence-corrected chi connectivity index (χ0v) is 10.2. The summed E-state index contributed by atoms with van der Waals surface area (Å²) in [5, 5.41) is 11.4.